The smallest absolute Gasteiger partial charge is 0.0991 e. The highest BCUT2D eigenvalue weighted by atomic mass is 15.1. The molecule has 43 heavy (non-hydrogen) atoms. The number of benzene rings is 7. The molecule has 3 heteroatoms. The zero-order valence-electron chi connectivity index (χ0n) is 23.9. The molecule has 7 aromatic carbocycles. The minimum atomic E-state index is 0.663. The molecule has 0 radical (unpaired) electrons. The average molecular weight is 552 g/mol. The van der Waals surface area contributed by atoms with Crippen LogP contribution in [-0.2, 0) is 0 Å². The second-order valence-electron chi connectivity index (χ2n) is 10.7. The van der Waals surface area contributed by atoms with Crippen molar-refractivity contribution in [3.05, 3.63) is 163 Å². The van der Waals surface area contributed by atoms with Crippen LogP contribution in [0.4, 0.5) is 28.4 Å². The van der Waals surface area contributed by atoms with E-state index >= 15 is 0 Å². The van der Waals surface area contributed by atoms with Crippen LogP contribution >= 0.6 is 0 Å². The van der Waals surface area contributed by atoms with Gasteiger partial charge in [-0.15, -0.1) is 0 Å². The molecule has 0 aromatic heterocycles. The summed E-state index contributed by atoms with van der Waals surface area (Å²) in [6.07, 6.45) is 0. The van der Waals surface area contributed by atoms with Gasteiger partial charge >= 0.3 is 0 Å². The SMILES string of the molecule is CN(c1ccc(C#N)cc1)c1ccc(-c2ccc(N(c3ccc4ccccc4c3)c3ccc4ccccc4c3)cc2)cc1. The molecule has 0 saturated heterocycles. The number of anilines is 5. The summed E-state index contributed by atoms with van der Waals surface area (Å²) >= 11 is 0. The molecule has 7 aromatic rings. The van der Waals surface area contributed by atoms with Gasteiger partial charge in [0, 0.05) is 35.5 Å². The van der Waals surface area contributed by atoms with Gasteiger partial charge in [0.15, 0.2) is 0 Å². The second-order valence-corrected chi connectivity index (χ2v) is 10.7. The zero-order valence-corrected chi connectivity index (χ0v) is 23.9. The third-order valence-electron chi connectivity index (χ3n) is 8.08. The molecule has 7 rings (SSSR count). The first-order valence-corrected chi connectivity index (χ1v) is 14.4. The quantitative estimate of drug-likeness (QED) is 0.206. The van der Waals surface area contributed by atoms with E-state index in [9.17, 15) is 0 Å². The minimum Gasteiger partial charge on any atom is -0.345 e. The maximum absolute atomic E-state index is 9.10. The third kappa shape index (κ3) is 5.19. The van der Waals surface area contributed by atoms with Crippen molar-refractivity contribution in [3.63, 3.8) is 0 Å². The van der Waals surface area contributed by atoms with Crippen molar-refractivity contribution < 1.29 is 0 Å². The molecule has 0 spiro atoms. The number of nitrogens with zero attached hydrogens (tertiary/aromatic N) is 3. The molecular weight excluding hydrogens is 522 g/mol. The first kappa shape index (κ1) is 26.1. The van der Waals surface area contributed by atoms with Crippen molar-refractivity contribution in [1.29, 1.82) is 5.26 Å². The highest BCUT2D eigenvalue weighted by Crippen LogP contribution is 2.38. The van der Waals surface area contributed by atoms with Crippen molar-refractivity contribution in [2.24, 2.45) is 0 Å². The van der Waals surface area contributed by atoms with E-state index < -0.39 is 0 Å². The molecule has 3 nitrogen and oxygen atoms in total. The highest BCUT2D eigenvalue weighted by Gasteiger charge is 2.14. The van der Waals surface area contributed by atoms with E-state index in [1.54, 1.807) is 0 Å². The van der Waals surface area contributed by atoms with Gasteiger partial charge in [0.2, 0.25) is 0 Å². The largest absolute Gasteiger partial charge is 0.345 e. The summed E-state index contributed by atoms with van der Waals surface area (Å²) < 4.78 is 0. The molecule has 0 saturated carbocycles. The Bertz CT molecular complexity index is 2010. The minimum absolute atomic E-state index is 0.663. The summed E-state index contributed by atoms with van der Waals surface area (Å²) in [7, 11) is 2.04. The van der Waals surface area contributed by atoms with Gasteiger partial charge in [0.1, 0.15) is 0 Å². The van der Waals surface area contributed by atoms with Gasteiger partial charge in [-0.05, 0) is 105 Å². The lowest BCUT2D eigenvalue weighted by molar-refractivity contribution is 1.21. The van der Waals surface area contributed by atoms with Crippen molar-refractivity contribution in [2.45, 2.75) is 0 Å². The molecule has 0 N–H and O–H groups in total. The fourth-order valence-corrected chi connectivity index (χ4v) is 5.67. The van der Waals surface area contributed by atoms with E-state index in [0.717, 1.165) is 39.6 Å². The Morgan fingerprint density at radius 2 is 0.814 bits per heavy atom. The van der Waals surface area contributed by atoms with Gasteiger partial charge in [0.05, 0.1) is 11.6 Å². The Morgan fingerprint density at radius 1 is 0.419 bits per heavy atom. The van der Waals surface area contributed by atoms with Crippen LogP contribution in [0.25, 0.3) is 32.7 Å². The van der Waals surface area contributed by atoms with Crippen molar-refractivity contribution >= 4 is 50.0 Å². The normalized spacial score (nSPS) is 10.9. The Hall–Kier alpha value is -5.85. The lowest BCUT2D eigenvalue weighted by Crippen LogP contribution is -2.10. The van der Waals surface area contributed by atoms with Gasteiger partial charge in [0.25, 0.3) is 0 Å². The number of fused-ring (bicyclic) bond motifs is 2. The van der Waals surface area contributed by atoms with Crippen molar-refractivity contribution in [2.75, 3.05) is 16.8 Å². The molecule has 0 bridgehead atoms. The summed E-state index contributed by atoms with van der Waals surface area (Å²) in [6.45, 7) is 0. The Balaban J connectivity index is 1.22. The van der Waals surface area contributed by atoms with E-state index in [1.165, 1.54) is 21.5 Å². The molecule has 0 aliphatic rings. The van der Waals surface area contributed by atoms with Gasteiger partial charge < -0.3 is 9.80 Å². The van der Waals surface area contributed by atoms with Crippen molar-refractivity contribution in [1.82, 2.24) is 0 Å². The van der Waals surface area contributed by atoms with E-state index in [2.05, 4.69) is 149 Å². The number of hydrogen-bond donors (Lipinski definition) is 0. The van der Waals surface area contributed by atoms with Crippen LogP contribution in [0.15, 0.2) is 158 Å². The second kappa shape index (κ2) is 11.2. The van der Waals surface area contributed by atoms with Gasteiger partial charge in [-0.2, -0.15) is 5.26 Å². The molecule has 0 atom stereocenters. The molecular formula is C40H29N3. The van der Waals surface area contributed by atoms with Crippen molar-refractivity contribution in [3.8, 4) is 17.2 Å². The average Bonchev–Trinajstić information content (AvgIpc) is 3.08. The van der Waals surface area contributed by atoms with Gasteiger partial charge in [-0.3, -0.25) is 0 Å². The number of nitriles is 1. The Morgan fingerprint density at radius 3 is 1.28 bits per heavy atom. The summed E-state index contributed by atoms with van der Waals surface area (Å²) in [5.74, 6) is 0. The highest BCUT2D eigenvalue weighted by molar-refractivity contribution is 5.92. The molecule has 0 heterocycles. The van der Waals surface area contributed by atoms with Crippen LogP contribution in [-0.4, -0.2) is 7.05 Å². The van der Waals surface area contributed by atoms with Crippen LogP contribution in [0.3, 0.4) is 0 Å². The van der Waals surface area contributed by atoms with Gasteiger partial charge in [-0.25, -0.2) is 0 Å². The summed E-state index contributed by atoms with van der Waals surface area (Å²) in [6, 6.07) is 57.6. The van der Waals surface area contributed by atoms with E-state index in [1.807, 2.05) is 31.3 Å². The van der Waals surface area contributed by atoms with Crippen LogP contribution in [0.5, 0.6) is 0 Å². The first-order chi connectivity index (χ1) is 21.2. The maximum atomic E-state index is 9.10. The predicted molar refractivity (Wildman–Crippen MR) is 181 cm³/mol. The van der Waals surface area contributed by atoms with Crippen LogP contribution in [0.2, 0.25) is 0 Å². The Kier molecular flexibility index (Phi) is 6.79. The fraction of sp³-hybridized carbons (Fsp3) is 0.0250. The van der Waals surface area contributed by atoms with E-state index in [-0.39, 0.29) is 0 Å². The molecule has 204 valence electrons. The van der Waals surface area contributed by atoms with Crippen LogP contribution in [0, 0.1) is 11.3 Å². The van der Waals surface area contributed by atoms with E-state index in [4.69, 9.17) is 5.26 Å². The number of hydrogen-bond acceptors (Lipinski definition) is 3. The van der Waals surface area contributed by atoms with Crippen LogP contribution in [0.1, 0.15) is 5.56 Å². The van der Waals surface area contributed by atoms with Gasteiger partial charge in [-0.1, -0.05) is 84.9 Å². The molecule has 0 fully saturated rings. The predicted octanol–water partition coefficient (Wildman–Crippen LogP) is 10.8. The molecule has 0 aliphatic heterocycles. The monoisotopic (exact) mass is 551 g/mol. The topological polar surface area (TPSA) is 30.3 Å². The zero-order chi connectivity index (χ0) is 29.2. The number of rotatable bonds is 6. The molecule has 0 unspecified atom stereocenters. The first-order valence-electron chi connectivity index (χ1n) is 14.4. The Labute approximate surface area is 252 Å². The third-order valence-corrected chi connectivity index (χ3v) is 8.08. The lowest BCUT2D eigenvalue weighted by atomic mass is 10.0. The van der Waals surface area contributed by atoms with Crippen LogP contribution < -0.4 is 9.80 Å². The maximum Gasteiger partial charge on any atom is 0.0991 e. The summed E-state index contributed by atoms with van der Waals surface area (Å²) in [5.41, 5.74) is 8.46. The molecule has 0 aliphatic carbocycles. The summed E-state index contributed by atoms with van der Waals surface area (Å²) in [5, 5.41) is 14.0. The fourth-order valence-electron chi connectivity index (χ4n) is 5.67. The molecule has 0 amide bonds. The van der Waals surface area contributed by atoms with E-state index in [0.29, 0.717) is 5.56 Å². The standard InChI is InChI=1S/C40H29N3/c1-42(36-18-10-29(28-41)11-19-36)37-20-12-32(13-21-37)33-14-22-38(23-15-33)43(39-24-16-30-6-2-4-8-34(30)26-39)40-25-17-31-7-3-5-9-35(31)27-40/h2-27H,1H3. The lowest BCUT2D eigenvalue weighted by Gasteiger charge is -2.26. The summed E-state index contributed by atoms with van der Waals surface area (Å²) in [4.78, 5) is 4.46.